The summed E-state index contributed by atoms with van der Waals surface area (Å²) in [6, 6.07) is 3.84. The molecule has 0 fully saturated rings. The molecule has 2 nitrogen and oxygen atoms in total. The Bertz CT molecular complexity index is 331. The number of rotatable bonds is 2. The van der Waals surface area contributed by atoms with Crippen LogP contribution in [0, 0.1) is 19.8 Å². The van der Waals surface area contributed by atoms with E-state index in [1.54, 1.807) is 0 Å². The monoisotopic (exact) mass is 193 g/mol. The van der Waals surface area contributed by atoms with Gasteiger partial charge in [-0.3, -0.25) is 0 Å². The molecule has 0 spiro atoms. The number of hydrogen-bond acceptors (Lipinski definition) is 2. The van der Waals surface area contributed by atoms with Crippen molar-refractivity contribution in [1.82, 2.24) is 0 Å². The summed E-state index contributed by atoms with van der Waals surface area (Å²) in [6.45, 7) is 8.03. The summed E-state index contributed by atoms with van der Waals surface area (Å²) in [5.74, 6) is 0.680. The molecule has 14 heavy (non-hydrogen) atoms. The van der Waals surface area contributed by atoms with Crippen molar-refractivity contribution in [2.45, 2.75) is 33.7 Å². The lowest BCUT2D eigenvalue weighted by Crippen LogP contribution is -2.17. The second kappa shape index (κ2) is 4.01. The van der Waals surface area contributed by atoms with Crippen molar-refractivity contribution < 1.29 is 5.11 Å². The number of phenolic OH excluding ortho intramolecular Hbond substituents is 1. The smallest absolute Gasteiger partial charge is 0.123 e. The highest BCUT2D eigenvalue weighted by Crippen LogP contribution is 2.31. The van der Waals surface area contributed by atoms with Crippen LogP contribution in [0.4, 0.5) is 0 Å². The third-order valence-electron chi connectivity index (χ3n) is 2.55. The molecule has 0 aliphatic rings. The van der Waals surface area contributed by atoms with E-state index in [4.69, 9.17) is 5.73 Å². The molecule has 1 aromatic rings. The fourth-order valence-electron chi connectivity index (χ4n) is 1.61. The quantitative estimate of drug-likeness (QED) is 0.758. The highest BCUT2D eigenvalue weighted by Gasteiger charge is 2.16. The maximum Gasteiger partial charge on any atom is 0.123 e. The van der Waals surface area contributed by atoms with Gasteiger partial charge < -0.3 is 10.8 Å². The van der Waals surface area contributed by atoms with Crippen molar-refractivity contribution in [2.24, 2.45) is 11.7 Å². The molecule has 1 rings (SSSR count). The van der Waals surface area contributed by atoms with Crippen molar-refractivity contribution in [1.29, 1.82) is 0 Å². The van der Waals surface area contributed by atoms with Gasteiger partial charge in [0.1, 0.15) is 5.75 Å². The standard InChI is InChI=1S/C12H19NO/c1-7(2)11(13)10-6-8(3)5-9(4)12(10)14/h5-7,11,14H,13H2,1-4H3/t11-/m1/s1. The average molecular weight is 193 g/mol. The predicted octanol–water partition coefficient (Wildman–Crippen LogP) is 2.66. The zero-order valence-electron chi connectivity index (χ0n) is 9.33. The van der Waals surface area contributed by atoms with Gasteiger partial charge in [-0.2, -0.15) is 0 Å². The van der Waals surface area contributed by atoms with Gasteiger partial charge in [0.15, 0.2) is 0 Å². The molecule has 0 amide bonds. The molecular formula is C12H19NO. The molecule has 0 saturated carbocycles. The molecular weight excluding hydrogens is 174 g/mol. The topological polar surface area (TPSA) is 46.2 Å². The van der Waals surface area contributed by atoms with Crippen LogP contribution < -0.4 is 5.73 Å². The first-order valence-electron chi connectivity index (χ1n) is 4.99. The summed E-state index contributed by atoms with van der Waals surface area (Å²) in [5.41, 5.74) is 8.92. The molecule has 1 atom stereocenters. The van der Waals surface area contributed by atoms with Gasteiger partial charge in [0.25, 0.3) is 0 Å². The molecule has 2 heteroatoms. The Morgan fingerprint density at radius 3 is 2.29 bits per heavy atom. The van der Waals surface area contributed by atoms with E-state index < -0.39 is 0 Å². The molecule has 0 unspecified atom stereocenters. The molecule has 0 heterocycles. The third-order valence-corrected chi connectivity index (χ3v) is 2.55. The summed E-state index contributed by atoms with van der Waals surface area (Å²) in [5, 5.41) is 9.86. The Balaban J connectivity index is 3.20. The Kier molecular flexibility index (Phi) is 3.17. The van der Waals surface area contributed by atoms with Crippen LogP contribution in [0.25, 0.3) is 0 Å². The Labute approximate surface area is 85.8 Å². The van der Waals surface area contributed by atoms with Gasteiger partial charge in [-0.25, -0.2) is 0 Å². The van der Waals surface area contributed by atoms with Crippen LogP contribution >= 0.6 is 0 Å². The first kappa shape index (κ1) is 11.1. The van der Waals surface area contributed by atoms with Crippen LogP contribution in [0.15, 0.2) is 12.1 Å². The van der Waals surface area contributed by atoms with Crippen molar-refractivity contribution >= 4 is 0 Å². The Morgan fingerprint density at radius 1 is 1.21 bits per heavy atom. The van der Waals surface area contributed by atoms with E-state index in [9.17, 15) is 5.11 Å². The molecule has 0 aliphatic heterocycles. The SMILES string of the molecule is Cc1cc(C)c(O)c([C@H](N)C(C)C)c1. The van der Waals surface area contributed by atoms with Gasteiger partial charge in [-0.05, 0) is 25.3 Å². The van der Waals surface area contributed by atoms with Gasteiger partial charge in [-0.15, -0.1) is 0 Å². The number of aromatic hydroxyl groups is 1. The van der Waals surface area contributed by atoms with Gasteiger partial charge in [-0.1, -0.05) is 31.5 Å². The lowest BCUT2D eigenvalue weighted by atomic mass is 9.93. The summed E-state index contributed by atoms with van der Waals surface area (Å²) < 4.78 is 0. The third kappa shape index (κ3) is 2.07. The van der Waals surface area contributed by atoms with Crippen molar-refractivity contribution in [3.8, 4) is 5.75 Å². The molecule has 0 radical (unpaired) electrons. The maximum absolute atomic E-state index is 9.86. The number of aryl methyl sites for hydroxylation is 2. The van der Waals surface area contributed by atoms with Gasteiger partial charge in [0, 0.05) is 11.6 Å². The van der Waals surface area contributed by atoms with Crippen molar-refractivity contribution in [3.63, 3.8) is 0 Å². The van der Waals surface area contributed by atoms with Crippen LogP contribution in [0.5, 0.6) is 5.75 Å². The first-order chi connectivity index (χ1) is 6.43. The van der Waals surface area contributed by atoms with E-state index in [2.05, 4.69) is 13.8 Å². The van der Waals surface area contributed by atoms with E-state index in [1.165, 1.54) is 0 Å². The number of phenols is 1. The van der Waals surface area contributed by atoms with Crippen LogP contribution in [0.3, 0.4) is 0 Å². The Morgan fingerprint density at radius 2 is 1.79 bits per heavy atom. The molecule has 0 aromatic heterocycles. The number of nitrogens with two attached hydrogens (primary N) is 1. The molecule has 3 N–H and O–H groups in total. The largest absolute Gasteiger partial charge is 0.507 e. The minimum atomic E-state index is -0.0893. The summed E-state index contributed by atoms with van der Waals surface area (Å²) in [4.78, 5) is 0. The fraction of sp³-hybridized carbons (Fsp3) is 0.500. The van der Waals surface area contributed by atoms with Crippen LogP contribution in [0.1, 0.15) is 36.6 Å². The number of hydrogen-bond donors (Lipinski definition) is 2. The maximum atomic E-state index is 9.86. The van der Waals surface area contributed by atoms with Gasteiger partial charge in [0.2, 0.25) is 0 Å². The van der Waals surface area contributed by atoms with Crippen LogP contribution in [0.2, 0.25) is 0 Å². The van der Waals surface area contributed by atoms with Gasteiger partial charge >= 0.3 is 0 Å². The van der Waals surface area contributed by atoms with E-state index in [0.29, 0.717) is 11.7 Å². The minimum absolute atomic E-state index is 0.0893. The second-order valence-corrected chi connectivity index (χ2v) is 4.29. The lowest BCUT2D eigenvalue weighted by Gasteiger charge is -2.19. The van der Waals surface area contributed by atoms with E-state index in [0.717, 1.165) is 16.7 Å². The average Bonchev–Trinajstić information content (AvgIpc) is 2.09. The van der Waals surface area contributed by atoms with Crippen LogP contribution in [-0.4, -0.2) is 5.11 Å². The normalized spacial score (nSPS) is 13.3. The number of benzene rings is 1. The van der Waals surface area contributed by atoms with E-state index in [-0.39, 0.29) is 6.04 Å². The molecule has 1 aromatic carbocycles. The van der Waals surface area contributed by atoms with E-state index in [1.807, 2.05) is 26.0 Å². The van der Waals surface area contributed by atoms with Crippen LogP contribution in [-0.2, 0) is 0 Å². The summed E-state index contributed by atoms with van der Waals surface area (Å²) >= 11 is 0. The highest BCUT2D eigenvalue weighted by atomic mass is 16.3. The molecule has 78 valence electrons. The van der Waals surface area contributed by atoms with E-state index >= 15 is 0 Å². The molecule has 0 bridgehead atoms. The summed E-state index contributed by atoms with van der Waals surface area (Å²) in [6.07, 6.45) is 0. The first-order valence-corrected chi connectivity index (χ1v) is 4.99. The molecule has 0 aliphatic carbocycles. The lowest BCUT2D eigenvalue weighted by molar-refractivity contribution is 0.436. The fourth-order valence-corrected chi connectivity index (χ4v) is 1.61. The minimum Gasteiger partial charge on any atom is -0.507 e. The molecule has 0 saturated heterocycles. The van der Waals surface area contributed by atoms with Crippen molar-refractivity contribution in [2.75, 3.05) is 0 Å². The zero-order chi connectivity index (χ0) is 10.9. The zero-order valence-corrected chi connectivity index (χ0v) is 9.33. The highest BCUT2D eigenvalue weighted by molar-refractivity contribution is 5.44. The van der Waals surface area contributed by atoms with Gasteiger partial charge in [0.05, 0.1) is 0 Å². The Hall–Kier alpha value is -1.02. The summed E-state index contributed by atoms with van der Waals surface area (Å²) in [7, 11) is 0. The second-order valence-electron chi connectivity index (χ2n) is 4.29. The van der Waals surface area contributed by atoms with Crippen molar-refractivity contribution in [3.05, 3.63) is 28.8 Å². The predicted molar refractivity (Wildman–Crippen MR) is 59.3 cm³/mol.